The minimum atomic E-state index is -0.166. The van der Waals surface area contributed by atoms with Crippen LogP contribution in [0.4, 0.5) is 0 Å². The molecule has 0 aliphatic heterocycles. The van der Waals surface area contributed by atoms with Crippen LogP contribution < -0.4 is 5.32 Å². The summed E-state index contributed by atoms with van der Waals surface area (Å²) in [5, 5.41) is 8.20. The molecule has 0 spiro atoms. The van der Waals surface area contributed by atoms with Gasteiger partial charge in [-0.3, -0.25) is 4.68 Å². The van der Waals surface area contributed by atoms with Gasteiger partial charge in [-0.05, 0) is 49.2 Å². The number of aryl methyl sites for hydroxylation is 2. The van der Waals surface area contributed by atoms with E-state index in [-0.39, 0.29) is 11.6 Å². The van der Waals surface area contributed by atoms with Crippen molar-refractivity contribution in [3.8, 4) is 0 Å². The highest BCUT2D eigenvalue weighted by molar-refractivity contribution is 9.10. The molecule has 0 aliphatic carbocycles. The number of hydrogen-bond donors (Lipinski definition) is 1. The summed E-state index contributed by atoms with van der Waals surface area (Å²) in [7, 11) is 2.02. The molecule has 0 aromatic carbocycles. The van der Waals surface area contributed by atoms with Crippen molar-refractivity contribution in [2.45, 2.75) is 65.5 Å². The molecule has 21 heavy (non-hydrogen) atoms. The van der Waals surface area contributed by atoms with Crippen molar-refractivity contribution in [1.82, 2.24) is 15.1 Å². The van der Waals surface area contributed by atoms with E-state index in [9.17, 15) is 0 Å². The average Bonchev–Trinajstić information content (AvgIpc) is 2.74. The van der Waals surface area contributed by atoms with Crippen LogP contribution in [0.3, 0.4) is 0 Å². The highest BCUT2D eigenvalue weighted by atomic mass is 79.9. The van der Waals surface area contributed by atoms with Gasteiger partial charge in [-0.2, -0.15) is 5.10 Å². The first kappa shape index (κ1) is 18.7. The second kappa shape index (κ2) is 8.30. The third-order valence-corrected chi connectivity index (χ3v) is 5.18. The van der Waals surface area contributed by atoms with Crippen LogP contribution in [0.5, 0.6) is 0 Å². The minimum absolute atomic E-state index is 0.166. The lowest BCUT2D eigenvalue weighted by atomic mass is 9.89. The van der Waals surface area contributed by atoms with E-state index in [4.69, 9.17) is 4.74 Å². The molecule has 0 bridgehead atoms. The quantitative estimate of drug-likeness (QED) is 0.733. The van der Waals surface area contributed by atoms with Crippen molar-refractivity contribution in [3.63, 3.8) is 0 Å². The fourth-order valence-corrected chi connectivity index (χ4v) is 3.54. The maximum Gasteiger partial charge on any atom is 0.0807 e. The monoisotopic (exact) mass is 359 g/mol. The average molecular weight is 360 g/mol. The summed E-state index contributed by atoms with van der Waals surface area (Å²) in [6.07, 6.45) is 2.83. The number of nitrogens with one attached hydrogen (secondary N) is 1. The maximum absolute atomic E-state index is 6.07. The zero-order chi connectivity index (χ0) is 16.0. The van der Waals surface area contributed by atoms with Gasteiger partial charge in [0, 0.05) is 26.1 Å². The third-order valence-electron chi connectivity index (χ3n) is 4.26. The summed E-state index contributed by atoms with van der Waals surface area (Å²) in [6, 6.07) is 0.267. The van der Waals surface area contributed by atoms with E-state index in [1.165, 1.54) is 5.69 Å². The number of rotatable bonds is 9. The van der Waals surface area contributed by atoms with E-state index in [0.717, 1.165) is 42.6 Å². The van der Waals surface area contributed by atoms with Gasteiger partial charge >= 0.3 is 0 Å². The lowest BCUT2D eigenvalue weighted by Crippen LogP contribution is -2.51. The van der Waals surface area contributed by atoms with Crippen LogP contribution in [0.25, 0.3) is 0 Å². The van der Waals surface area contributed by atoms with Crippen molar-refractivity contribution in [2.75, 3.05) is 13.2 Å². The molecule has 0 saturated carbocycles. The van der Waals surface area contributed by atoms with Crippen LogP contribution in [0, 0.1) is 0 Å². The first-order chi connectivity index (χ1) is 9.93. The molecule has 0 amide bonds. The zero-order valence-corrected chi connectivity index (χ0v) is 15.9. The van der Waals surface area contributed by atoms with E-state index in [0.29, 0.717) is 0 Å². The second-order valence-electron chi connectivity index (χ2n) is 5.60. The van der Waals surface area contributed by atoms with Crippen LogP contribution >= 0.6 is 15.9 Å². The summed E-state index contributed by atoms with van der Waals surface area (Å²) in [5.74, 6) is 0. The molecule has 0 radical (unpaired) electrons. The van der Waals surface area contributed by atoms with Gasteiger partial charge in [-0.25, -0.2) is 0 Å². The van der Waals surface area contributed by atoms with Crippen molar-refractivity contribution < 1.29 is 4.74 Å². The van der Waals surface area contributed by atoms with Crippen molar-refractivity contribution in [1.29, 1.82) is 0 Å². The molecule has 1 rings (SSSR count). The van der Waals surface area contributed by atoms with Crippen LogP contribution in [0.15, 0.2) is 4.47 Å². The van der Waals surface area contributed by atoms with Gasteiger partial charge in [-0.15, -0.1) is 0 Å². The van der Waals surface area contributed by atoms with Crippen LogP contribution in [0.1, 0.15) is 52.4 Å². The number of halogens is 1. The molecular formula is C16H30BrN3O. The lowest BCUT2D eigenvalue weighted by molar-refractivity contribution is -0.0550. The number of aromatic nitrogens is 2. The van der Waals surface area contributed by atoms with Gasteiger partial charge in [0.05, 0.1) is 21.5 Å². The molecule has 5 heteroatoms. The predicted octanol–water partition coefficient (Wildman–Crippen LogP) is 3.47. The predicted molar refractivity (Wildman–Crippen MR) is 91.8 cm³/mol. The van der Waals surface area contributed by atoms with E-state index < -0.39 is 0 Å². The molecular weight excluding hydrogens is 330 g/mol. The molecule has 0 saturated heterocycles. The SMILES string of the molecule is CCNC(Cc1c(Br)c(CC)nn1C)C(C)(CC)OCC. The number of hydrogen-bond acceptors (Lipinski definition) is 3. The van der Waals surface area contributed by atoms with Crippen LogP contribution in [0.2, 0.25) is 0 Å². The molecule has 4 nitrogen and oxygen atoms in total. The Hall–Kier alpha value is -0.390. The highest BCUT2D eigenvalue weighted by Gasteiger charge is 2.34. The number of likely N-dealkylation sites (N-methyl/N-ethyl adjacent to an activating group) is 1. The second-order valence-corrected chi connectivity index (χ2v) is 6.39. The fraction of sp³-hybridized carbons (Fsp3) is 0.812. The Morgan fingerprint density at radius 1 is 1.33 bits per heavy atom. The highest BCUT2D eigenvalue weighted by Crippen LogP contribution is 2.28. The summed E-state index contributed by atoms with van der Waals surface area (Å²) in [4.78, 5) is 0. The van der Waals surface area contributed by atoms with E-state index >= 15 is 0 Å². The molecule has 1 aromatic heterocycles. The van der Waals surface area contributed by atoms with E-state index in [1.807, 2.05) is 11.7 Å². The number of nitrogens with zero attached hydrogens (tertiary/aromatic N) is 2. The normalized spacial score (nSPS) is 16.0. The Balaban J connectivity index is 3.05. The largest absolute Gasteiger partial charge is 0.374 e. The van der Waals surface area contributed by atoms with Gasteiger partial charge in [0.15, 0.2) is 0 Å². The Morgan fingerprint density at radius 3 is 2.43 bits per heavy atom. The fourth-order valence-electron chi connectivity index (χ4n) is 2.76. The van der Waals surface area contributed by atoms with Gasteiger partial charge in [0.2, 0.25) is 0 Å². The Morgan fingerprint density at radius 2 is 2.00 bits per heavy atom. The van der Waals surface area contributed by atoms with Gasteiger partial charge in [0.25, 0.3) is 0 Å². The van der Waals surface area contributed by atoms with Gasteiger partial charge in [-0.1, -0.05) is 20.8 Å². The molecule has 1 N–H and O–H groups in total. The summed E-state index contributed by atoms with van der Waals surface area (Å²) < 4.78 is 9.21. The Labute approximate surface area is 137 Å². The number of ether oxygens (including phenoxy) is 1. The summed E-state index contributed by atoms with van der Waals surface area (Å²) in [6.45, 7) is 12.4. The van der Waals surface area contributed by atoms with E-state index in [1.54, 1.807) is 0 Å². The van der Waals surface area contributed by atoms with Crippen molar-refractivity contribution in [2.24, 2.45) is 7.05 Å². The standard InChI is InChI=1S/C16H30BrN3O/c1-7-12-15(17)13(20(6)19-12)11-14(18-9-3)16(5,8-2)21-10-4/h14,18H,7-11H2,1-6H3. The molecule has 2 atom stereocenters. The smallest absolute Gasteiger partial charge is 0.0807 e. The Bertz CT molecular complexity index is 447. The molecule has 122 valence electrons. The van der Waals surface area contributed by atoms with Crippen molar-refractivity contribution >= 4 is 15.9 Å². The van der Waals surface area contributed by atoms with Crippen molar-refractivity contribution in [3.05, 3.63) is 15.9 Å². The molecule has 2 unspecified atom stereocenters. The van der Waals surface area contributed by atoms with E-state index in [2.05, 4.69) is 61.0 Å². The molecule has 0 aliphatic rings. The Kier molecular flexibility index (Phi) is 7.37. The minimum Gasteiger partial charge on any atom is -0.374 e. The van der Waals surface area contributed by atoms with Crippen LogP contribution in [-0.2, 0) is 24.6 Å². The summed E-state index contributed by atoms with van der Waals surface area (Å²) in [5.41, 5.74) is 2.19. The maximum atomic E-state index is 6.07. The van der Waals surface area contributed by atoms with Gasteiger partial charge in [0.1, 0.15) is 0 Å². The first-order valence-electron chi connectivity index (χ1n) is 8.00. The zero-order valence-electron chi connectivity index (χ0n) is 14.3. The molecule has 1 heterocycles. The molecule has 0 fully saturated rings. The van der Waals surface area contributed by atoms with Crippen LogP contribution in [-0.4, -0.2) is 34.6 Å². The third kappa shape index (κ3) is 4.30. The molecule has 1 aromatic rings. The summed E-state index contributed by atoms with van der Waals surface area (Å²) >= 11 is 3.72. The lowest BCUT2D eigenvalue weighted by Gasteiger charge is -2.37. The topological polar surface area (TPSA) is 39.1 Å². The first-order valence-corrected chi connectivity index (χ1v) is 8.80. The van der Waals surface area contributed by atoms with Gasteiger partial charge < -0.3 is 10.1 Å².